The lowest BCUT2D eigenvalue weighted by Crippen LogP contribution is -2.56. The fourth-order valence-electron chi connectivity index (χ4n) is 6.83. The number of benzene rings is 1. The van der Waals surface area contributed by atoms with Crippen LogP contribution < -0.4 is 5.32 Å². The lowest BCUT2D eigenvalue weighted by Gasteiger charge is -2.54. The first-order valence-electron chi connectivity index (χ1n) is 10.7. The van der Waals surface area contributed by atoms with Crippen LogP contribution in [-0.2, 0) is 16.0 Å². The van der Waals surface area contributed by atoms with Crippen molar-refractivity contribution in [3.05, 3.63) is 35.4 Å². The molecule has 144 valence electrons. The molecule has 1 atom stereocenters. The van der Waals surface area contributed by atoms with Gasteiger partial charge in [0.05, 0.1) is 12.5 Å². The number of fused-ring (bicyclic) bond motifs is 1. The highest BCUT2D eigenvalue weighted by atomic mass is 16.2. The van der Waals surface area contributed by atoms with Gasteiger partial charge in [0.2, 0.25) is 11.8 Å². The van der Waals surface area contributed by atoms with Crippen LogP contribution in [0.25, 0.3) is 0 Å². The summed E-state index contributed by atoms with van der Waals surface area (Å²) in [5, 5.41) is 3.42. The summed E-state index contributed by atoms with van der Waals surface area (Å²) in [6, 6.07) is 8.54. The van der Waals surface area contributed by atoms with Crippen molar-refractivity contribution in [1.29, 1.82) is 0 Å². The molecule has 5 aliphatic rings. The van der Waals surface area contributed by atoms with E-state index in [1.165, 1.54) is 37.7 Å². The molecule has 1 aliphatic heterocycles. The van der Waals surface area contributed by atoms with E-state index in [1.807, 2.05) is 17.0 Å². The molecule has 4 nitrogen and oxygen atoms in total. The third-order valence-corrected chi connectivity index (χ3v) is 7.75. The van der Waals surface area contributed by atoms with Crippen molar-refractivity contribution in [3.8, 4) is 0 Å². The standard InChI is InChI=1S/C23H30N2O2/c1-14(26)25-7-6-17-4-2-3-5-20(17)21(25)13-22(27)24-23-18-9-15-8-16(11-18)12-19(23)10-15/h2-5,15-16,18-19,21,23H,6-13H2,1H3,(H,24,27). The van der Waals surface area contributed by atoms with E-state index in [0.29, 0.717) is 30.8 Å². The van der Waals surface area contributed by atoms with Gasteiger partial charge in [-0.2, -0.15) is 0 Å². The minimum Gasteiger partial charge on any atom is -0.353 e. The molecule has 0 radical (unpaired) electrons. The maximum absolute atomic E-state index is 13.0. The van der Waals surface area contributed by atoms with Crippen molar-refractivity contribution in [2.75, 3.05) is 6.54 Å². The van der Waals surface area contributed by atoms with E-state index in [1.54, 1.807) is 6.92 Å². The van der Waals surface area contributed by atoms with Crippen LogP contribution in [0.1, 0.15) is 62.6 Å². The van der Waals surface area contributed by atoms with Gasteiger partial charge in [0.25, 0.3) is 0 Å². The number of hydrogen-bond acceptors (Lipinski definition) is 2. The minimum absolute atomic E-state index is 0.0666. The summed E-state index contributed by atoms with van der Waals surface area (Å²) < 4.78 is 0. The normalized spacial score (nSPS) is 36.4. The Bertz CT molecular complexity index is 731. The second-order valence-electron chi connectivity index (χ2n) is 9.41. The zero-order valence-corrected chi connectivity index (χ0v) is 16.2. The molecule has 0 saturated heterocycles. The van der Waals surface area contributed by atoms with Crippen LogP contribution in [0.2, 0.25) is 0 Å². The summed E-state index contributed by atoms with van der Waals surface area (Å²) in [6.07, 6.45) is 7.93. The molecule has 27 heavy (non-hydrogen) atoms. The molecule has 0 spiro atoms. The SMILES string of the molecule is CC(=O)N1CCc2ccccc2C1CC(=O)NC1C2CC3CC(C2)CC1C3. The maximum atomic E-state index is 13.0. The molecule has 4 bridgehead atoms. The largest absolute Gasteiger partial charge is 0.353 e. The lowest BCUT2D eigenvalue weighted by molar-refractivity contribution is -0.134. The van der Waals surface area contributed by atoms with Crippen molar-refractivity contribution < 1.29 is 9.59 Å². The Kier molecular flexibility index (Phi) is 4.25. The van der Waals surface area contributed by atoms with Crippen molar-refractivity contribution >= 4 is 11.8 Å². The summed E-state index contributed by atoms with van der Waals surface area (Å²) in [7, 11) is 0. The summed E-state index contributed by atoms with van der Waals surface area (Å²) >= 11 is 0. The number of carbonyl (C=O) groups is 2. The van der Waals surface area contributed by atoms with Crippen LogP contribution in [-0.4, -0.2) is 29.3 Å². The minimum atomic E-state index is -0.121. The monoisotopic (exact) mass is 366 g/mol. The van der Waals surface area contributed by atoms with Gasteiger partial charge < -0.3 is 10.2 Å². The number of amides is 2. The number of hydrogen-bond donors (Lipinski definition) is 1. The van der Waals surface area contributed by atoms with Crippen LogP contribution in [0, 0.1) is 23.7 Å². The van der Waals surface area contributed by atoms with Gasteiger partial charge in [-0.3, -0.25) is 9.59 Å². The van der Waals surface area contributed by atoms with Gasteiger partial charge in [-0.1, -0.05) is 24.3 Å². The molecule has 1 N–H and O–H groups in total. The quantitative estimate of drug-likeness (QED) is 0.891. The number of nitrogens with one attached hydrogen (secondary N) is 1. The van der Waals surface area contributed by atoms with E-state index in [4.69, 9.17) is 0 Å². The second kappa shape index (κ2) is 6.65. The third kappa shape index (κ3) is 3.07. The molecule has 2 amide bonds. The fourth-order valence-corrected chi connectivity index (χ4v) is 6.83. The average molecular weight is 367 g/mol. The van der Waals surface area contributed by atoms with Gasteiger partial charge in [-0.05, 0) is 73.3 Å². The van der Waals surface area contributed by atoms with Gasteiger partial charge in [0.15, 0.2) is 0 Å². The van der Waals surface area contributed by atoms with Crippen LogP contribution in [0.3, 0.4) is 0 Å². The van der Waals surface area contributed by atoms with E-state index in [9.17, 15) is 9.59 Å². The summed E-state index contributed by atoms with van der Waals surface area (Å²) in [6.45, 7) is 2.33. The Balaban J connectivity index is 1.32. The Morgan fingerprint density at radius 3 is 2.37 bits per heavy atom. The Morgan fingerprint density at radius 2 is 1.70 bits per heavy atom. The van der Waals surface area contributed by atoms with Crippen LogP contribution in [0.4, 0.5) is 0 Å². The van der Waals surface area contributed by atoms with Crippen LogP contribution in [0.15, 0.2) is 24.3 Å². The van der Waals surface area contributed by atoms with Gasteiger partial charge in [0.1, 0.15) is 0 Å². The van der Waals surface area contributed by atoms with Crippen LogP contribution >= 0.6 is 0 Å². The fraction of sp³-hybridized carbons (Fsp3) is 0.652. The Morgan fingerprint density at radius 1 is 1.04 bits per heavy atom. The van der Waals surface area contributed by atoms with Gasteiger partial charge in [-0.25, -0.2) is 0 Å². The Labute approximate surface area is 161 Å². The highest BCUT2D eigenvalue weighted by Crippen LogP contribution is 2.53. The molecule has 4 heteroatoms. The van der Waals surface area contributed by atoms with Gasteiger partial charge in [0, 0.05) is 19.5 Å². The molecule has 1 heterocycles. The number of carbonyl (C=O) groups excluding carboxylic acids is 2. The highest BCUT2D eigenvalue weighted by Gasteiger charge is 2.48. The molecule has 4 aliphatic carbocycles. The van der Waals surface area contributed by atoms with Crippen molar-refractivity contribution in [2.45, 2.75) is 64.0 Å². The zero-order valence-electron chi connectivity index (χ0n) is 16.2. The number of rotatable bonds is 3. The summed E-state index contributed by atoms with van der Waals surface area (Å²) in [5.74, 6) is 3.40. The first-order chi connectivity index (χ1) is 13.1. The molecular weight excluding hydrogens is 336 g/mol. The third-order valence-electron chi connectivity index (χ3n) is 7.75. The molecule has 1 aromatic rings. The maximum Gasteiger partial charge on any atom is 0.222 e. The van der Waals surface area contributed by atoms with E-state index in [0.717, 1.165) is 23.8 Å². The summed E-state index contributed by atoms with van der Waals surface area (Å²) in [4.78, 5) is 27.1. The van der Waals surface area contributed by atoms with Crippen molar-refractivity contribution in [1.82, 2.24) is 10.2 Å². The Hall–Kier alpha value is -1.84. The molecular formula is C23H30N2O2. The molecule has 6 rings (SSSR count). The number of nitrogens with zero attached hydrogens (tertiary/aromatic N) is 1. The van der Waals surface area contributed by atoms with Gasteiger partial charge >= 0.3 is 0 Å². The second-order valence-corrected chi connectivity index (χ2v) is 9.41. The van der Waals surface area contributed by atoms with Crippen molar-refractivity contribution in [2.24, 2.45) is 23.7 Å². The smallest absolute Gasteiger partial charge is 0.222 e. The molecule has 4 fully saturated rings. The van der Waals surface area contributed by atoms with E-state index < -0.39 is 0 Å². The van der Waals surface area contributed by atoms with E-state index in [2.05, 4.69) is 17.4 Å². The van der Waals surface area contributed by atoms with Crippen LogP contribution in [0.5, 0.6) is 0 Å². The zero-order chi connectivity index (χ0) is 18.5. The van der Waals surface area contributed by atoms with Gasteiger partial charge in [-0.15, -0.1) is 0 Å². The van der Waals surface area contributed by atoms with Crippen molar-refractivity contribution in [3.63, 3.8) is 0 Å². The summed E-state index contributed by atoms with van der Waals surface area (Å²) in [5.41, 5.74) is 2.43. The first-order valence-corrected chi connectivity index (χ1v) is 10.7. The predicted molar refractivity (Wildman–Crippen MR) is 104 cm³/mol. The molecule has 1 aromatic carbocycles. The average Bonchev–Trinajstić information content (AvgIpc) is 2.64. The molecule has 1 unspecified atom stereocenters. The first kappa shape index (κ1) is 17.3. The molecule has 0 aromatic heterocycles. The highest BCUT2D eigenvalue weighted by molar-refractivity contribution is 5.80. The lowest BCUT2D eigenvalue weighted by atomic mass is 9.54. The predicted octanol–water partition coefficient (Wildman–Crippen LogP) is 3.46. The topological polar surface area (TPSA) is 49.4 Å². The molecule has 4 saturated carbocycles. The van der Waals surface area contributed by atoms with E-state index >= 15 is 0 Å². The van der Waals surface area contributed by atoms with E-state index in [-0.39, 0.29) is 17.9 Å².